The molecule has 0 fully saturated rings. The molecule has 0 unspecified atom stereocenters. The first-order valence-electron chi connectivity index (χ1n) is 7.31. The van der Waals surface area contributed by atoms with Gasteiger partial charge < -0.3 is 5.32 Å². The molecular weight excluding hydrogens is 220 g/mol. The smallest absolute Gasteiger partial charge is 0.0478 e. The molecule has 0 bridgehead atoms. The zero-order valence-electron chi connectivity index (χ0n) is 12.0. The van der Waals surface area contributed by atoms with Crippen molar-refractivity contribution in [2.45, 2.75) is 46.2 Å². The molecule has 1 heterocycles. The molecule has 0 saturated heterocycles. The lowest BCUT2D eigenvalue weighted by molar-refractivity contribution is 0.184. The third-order valence-corrected chi connectivity index (χ3v) is 3.86. The number of nitrogens with zero attached hydrogens (tertiary/aromatic N) is 1. The van der Waals surface area contributed by atoms with Crippen LogP contribution in [0.3, 0.4) is 0 Å². The summed E-state index contributed by atoms with van der Waals surface area (Å²) in [7, 11) is 0. The molecule has 0 aromatic heterocycles. The molecule has 100 valence electrons. The molecule has 2 rings (SSSR count). The van der Waals surface area contributed by atoms with Crippen molar-refractivity contribution in [2.75, 3.05) is 19.6 Å². The highest BCUT2D eigenvalue weighted by atomic mass is 15.2. The van der Waals surface area contributed by atoms with Crippen molar-refractivity contribution < 1.29 is 0 Å². The summed E-state index contributed by atoms with van der Waals surface area (Å²) in [6.45, 7) is 11.3. The maximum Gasteiger partial charge on any atom is 0.0478 e. The van der Waals surface area contributed by atoms with Gasteiger partial charge in [0.05, 0.1) is 0 Å². The van der Waals surface area contributed by atoms with Crippen molar-refractivity contribution in [3.63, 3.8) is 0 Å². The minimum atomic E-state index is 0.565. The van der Waals surface area contributed by atoms with Gasteiger partial charge in [-0.05, 0) is 49.5 Å². The average molecular weight is 246 g/mol. The van der Waals surface area contributed by atoms with Crippen LogP contribution in [0.1, 0.15) is 49.4 Å². The molecule has 0 saturated carbocycles. The highest BCUT2D eigenvalue weighted by Gasteiger charge is 2.25. The Kier molecular flexibility index (Phi) is 4.79. The van der Waals surface area contributed by atoms with Crippen LogP contribution < -0.4 is 5.32 Å². The van der Waals surface area contributed by atoms with Gasteiger partial charge in [0.15, 0.2) is 0 Å². The molecule has 1 aromatic carbocycles. The van der Waals surface area contributed by atoms with Crippen LogP contribution in [0.25, 0.3) is 0 Å². The summed E-state index contributed by atoms with van der Waals surface area (Å²) in [5, 5.41) is 3.57. The first-order chi connectivity index (χ1) is 8.77. The molecule has 0 amide bonds. The Morgan fingerprint density at radius 2 is 1.94 bits per heavy atom. The van der Waals surface area contributed by atoms with Crippen LogP contribution in [0, 0.1) is 6.92 Å². The number of hydrogen-bond acceptors (Lipinski definition) is 2. The average Bonchev–Trinajstić information content (AvgIpc) is 2.38. The standard InChI is InChI=1S/C16H26N2/c1-4-9-18(10-5-2)15-12-17-11-14-8-6-7-13(3)16(14)15/h6-8,15,17H,4-5,9-12H2,1-3H3/t15-/m1/s1. The Morgan fingerprint density at radius 1 is 1.22 bits per heavy atom. The number of hydrogen-bond donors (Lipinski definition) is 1. The van der Waals surface area contributed by atoms with Gasteiger partial charge in [-0.3, -0.25) is 4.90 Å². The van der Waals surface area contributed by atoms with E-state index in [1.54, 1.807) is 5.56 Å². The number of nitrogens with one attached hydrogen (secondary N) is 1. The number of rotatable bonds is 5. The van der Waals surface area contributed by atoms with E-state index in [9.17, 15) is 0 Å². The van der Waals surface area contributed by atoms with Crippen molar-refractivity contribution in [2.24, 2.45) is 0 Å². The van der Waals surface area contributed by atoms with E-state index in [1.807, 2.05) is 0 Å². The second-order valence-corrected chi connectivity index (χ2v) is 5.33. The van der Waals surface area contributed by atoms with Gasteiger partial charge in [0.1, 0.15) is 0 Å². The molecule has 1 aliphatic heterocycles. The minimum Gasteiger partial charge on any atom is -0.311 e. The topological polar surface area (TPSA) is 15.3 Å². The molecule has 1 aliphatic rings. The largest absolute Gasteiger partial charge is 0.311 e. The Balaban J connectivity index is 2.29. The van der Waals surface area contributed by atoms with Crippen LogP contribution in [-0.4, -0.2) is 24.5 Å². The van der Waals surface area contributed by atoms with Crippen molar-refractivity contribution in [1.82, 2.24) is 10.2 Å². The fraction of sp³-hybridized carbons (Fsp3) is 0.625. The van der Waals surface area contributed by atoms with Gasteiger partial charge in [0, 0.05) is 19.1 Å². The number of benzene rings is 1. The van der Waals surface area contributed by atoms with Crippen molar-refractivity contribution in [3.05, 3.63) is 34.9 Å². The van der Waals surface area contributed by atoms with E-state index in [2.05, 4.69) is 49.2 Å². The molecule has 2 heteroatoms. The molecular formula is C16H26N2. The lowest BCUT2D eigenvalue weighted by atomic mass is 9.91. The van der Waals surface area contributed by atoms with E-state index in [4.69, 9.17) is 0 Å². The highest BCUT2D eigenvalue weighted by molar-refractivity contribution is 5.38. The molecule has 1 N–H and O–H groups in total. The normalized spacial score (nSPS) is 19.0. The Hall–Kier alpha value is -0.860. The molecule has 0 radical (unpaired) electrons. The molecule has 0 aliphatic carbocycles. The maximum absolute atomic E-state index is 3.57. The van der Waals surface area contributed by atoms with Gasteiger partial charge in [-0.25, -0.2) is 0 Å². The van der Waals surface area contributed by atoms with Crippen LogP contribution in [0.4, 0.5) is 0 Å². The summed E-state index contributed by atoms with van der Waals surface area (Å²) in [6.07, 6.45) is 2.47. The van der Waals surface area contributed by atoms with Crippen LogP contribution in [0.15, 0.2) is 18.2 Å². The van der Waals surface area contributed by atoms with Gasteiger partial charge in [0.2, 0.25) is 0 Å². The maximum atomic E-state index is 3.57. The van der Waals surface area contributed by atoms with Gasteiger partial charge in [0.25, 0.3) is 0 Å². The van der Waals surface area contributed by atoms with E-state index in [0.717, 1.165) is 13.1 Å². The van der Waals surface area contributed by atoms with Crippen molar-refractivity contribution >= 4 is 0 Å². The fourth-order valence-corrected chi connectivity index (χ4v) is 3.13. The first-order valence-corrected chi connectivity index (χ1v) is 7.31. The third kappa shape index (κ3) is 2.76. The van der Waals surface area contributed by atoms with Crippen molar-refractivity contribution in [3.8, 4) is 0 Å². The lowest BCUT2D eigenvalue weighted by Crippen LogP contribution is -2.41. The second kappa shape index (κ2) is 6.35. The Bertz CT molecular complexity index is 381. The summed E-state index contributed by atoms with van der Waals surface area (Å²) in [6, 6.07) is 7.28. The van der Waals surface area contributed by atoms with E-state index in [1.165, 1.54) is 37.1 Å². The highest BCUT2D eigenvalue weighted by Crippen LogP contribution is 2.30. The quantitative estimate of drug-likeness (QED) is 0.858. The van der Waals surface area contributed by atoms with Gasteiger partial charge in [-0.2, -0.15) is 0 Å². The van der Waals surface area contributed by atoms with E-state index >= 15 is 0 Å². The zero-order chi connectivity index (χ0) is 13.0. The zero-order valence-corrected chi connectivity index (χ0v) is 12.0. The monoisotopic (exact) mass is 246 g/mol. The molecule has 0 spiro atoms. The molecule has 2 nitrogen and oxygen atoms in total. The second-order valence-electron chi connectivity index (χ2n) is 5.33. The lowest BCUT2D eigenvalue weighted by Gasteiger charge is -2.37. The van der Waals surface area contributed by atoms with Crippen LogP contribution in [0.2, 0.25) is 0 Å². The van der Waals surface area contributed by atoms with Gasteiger partial charge in [-0.15, -0.1) is 0 Å². The van der Waals surface area contributed by atoms with E-state index < -0.39 is 0 Å². The summed E-state index contributed by atoms with van der Waals surface area (Å²) < 4.78 is 0. The van der Waals surface area contributed by atoms with Gasteiger partial charge in [-0.1, -0.05) is 32.0 Å². The van der Waals surface area contributed by atoms with Crippen LogP contribution >= 0.6 is 0 Å². The van der Waals surface area contributed by atoms with E-state index in [0.29, 0.717) is 6.04 Å². The predicted molar refractivity (Wildman–Crippen MR) is 77.8 cm³/mol. The van der Waals surface area contributed by atoms with Crippen molar-refractivity contribution in [1.29, 1.82) is 0 Å². The Labute approximate surface area is 111 Å². The summed E-state index contributed by atoms with van der Waals surface area (Å²) in [4.78, 5) is 2.65. The number of aryl methyl sites for hydroxylation is 1. The van der Waals surface area contributed by atoms with Crippen LogP contribution in [-0.2, 0) is 6.54 Å². The van der Waals surface area contributed by atoms with Crippen LogP contribution in [0.5, 0.6) is 0 Å². The number of fused-ring (bicyclic) bond motifs is 1. The third-order valence-electron chi connectivity index (χ3n) is 3.86. The summed E-state index contributed by atoms with van der Waals surface area (Å²) in [5.74, 6) is 0. The first kappa shape index (κ1) is 13.6. The summed E-state index contributed by atoms with van der Waals surface area (Å²) in [5.41, 5.74) is 4.53. The predicted octanol–water partition coefficient (Wildman–Crippen LogP) is 3.26. The molecule has 1 atom stereocenters. The fourth-order valence-electron chi connectivity index (χ4n) is 3.13. The Morgan fingerprint density at radius 3 is 2.61 bits per heavy atom. The van der Waals surface area contributed by atoms with Gasteiger partial charge >= 0.3 is 0 Å². The SMILES string of the molecule is CCCN(CCC)[C@@H]1CNCc2cccc(C)c21. The molecule has 1 aromatic rings. The minimum absolute atomic E-state index is 0.565. The van der Waals surface area contributed by atoms with E-state index in [-0.39, 0.29) is 0 Å². The summed E-state index contributed by atoms with van der Waals surface area (Å²) >= 11 is 0. The molecule has 18 heavy (non-hydrogen) atoms.